The van der Waals surface area contributed by atoms with Gasteiger partial charge in [-0.3, -0.25) is 9.69 Å². The zero-order chi connectivity index (χ0) is 12.1. The molecule has 0 saturated carbocycles. The van der Waals surface area contributed by atoms with Gasteiger partial charge in [-0.2, -0.15) is 0 Å². The molecule has 0 aromatic rings. The minimum Gasteiger partial charge on any atom is -0.465 e. The third-order valence-corrected chi connectivity index (χ3v) is 3.33. The summed E-state index contributed by atoms with van der Waals surface area (Å²) in [5.41, 5.74) is 0. The summed E-state index contributed by atoms with van der Waals surface area (Å²) >= 11 is 0. The number of piperidine rings is 1. The number of hydrogen-bond acceptors (Lipinski definition) is 4. The van der Waals surface area contributed by atoms with E-state index in [-0.39, 0.29) is 12.0 Å². The van der Waals surface area contributed by atoms with Crippen LogP contribution >= 0.6 is 0 Å². The van der Waals surface area contributed by atoms with Gasteiger partial charge < -0.3 is 9.64 Å². The molecular weight excluding hydrogens is 204 g/mol. The predicted octanol–water partition coefficient (Wildman–Crippen LogP) is 0.964. The van der Waals surface area contributed by atoms with E-state index in [9.17, 15) is 4.79 Å². The highest BCUT2D eigenvalue weighted by Crippen LogP contribution is 2.16. The molecule has 2 atom stereocenters. The van der Waals surface area contributed by atoms with Crippen LogP contribution in [0.15, 0.2) is 0 Å². The third-order valence-electron chi connectivity index (χ3n) is 3.33. The van der Waals surface area contributed by atoms with Gasteiger partial charge in [-0.1, -0.05) is 0 Å². The van der Waals surface area contributed by atoms with Gasteiger partial charge in [0, 0.05) is 12.6 Å². The predicted molar refractivity (Wildman–Crippen MR) is 64.4 cm³/mol. The van der Waals surface area contributed by atoms with Crippen LogP contribution < -0.4 is 0 Å². The summed E-state index contributed by atoms with van der Waals surface area (Å²) in [4.78, 5) is 16.1. The van der Waals surface area contributed by atoms with E-state index in [0.717, 1.165) is 19.5 Å². The van der Waals surface area contributed by atoms with Crippen LogP contribution in [0.4, 0.5) is 0 Å². The number of carbonyl (C=O) groups is 1. The second-order valence-electron chi connectivity index (χ2n) is 4.68. The summed E-state index contributed by atoms with van der Waals surface area (Å²) in [6, 6.07) is 0.452. The van der Waals surface area contributed by atoms with Crippen molar-refractivity contribution in [1.82, 2.24) is 9.80 Å². The van der Waals surface area contributed by atoms with Crippen molar-refractivity contribution < 1.29 is 9.53 Å². The van der Waals surface area contributed by atoms with E-state index >= 15 is 0 Å². The van der Waals surface area contributed by atoms with Crippen molar-refractivity contribution in [1.29, 1.82) is 0 Å². The Morgan fingerprint density at radius 2 is 2.25 bits per heavy atom. The minimum atomic E-state index is -0.109. The van der Waals surface area contributed by atoms with Gasteiger partial charge in [-0.05, 0) is 47.3 Å². The van der Waals surface area contributed by atoms with Gasteiger partial charge in [-0.15, -0.1) is 0 Å². The molecule has 0 aromatic carbocycles. The Hall–Kier alpha value is -0.610. The molecule has 2 unspecified atom stereocenters. The normalized spacial score (nSPS) is 24.4. The largest absolute Gasteiger partial charge is 0.465 e. The van der Waals surface area contributed by atoms with Gasteiger partial charge in [0.2, 0.25) is 0 Å². The average Bonchev–Trinajstić information content (AvgIpc) is 2.28. The maximum absolute atomic E-state index is 11.6. The molecule has 1 heterocycles. The SMILES string of the molecule is CCOC(=O)C(C)N1CCCC(N(C)C)C1. The van der Waals surface area contributed by atoms with Crippen molar-refractivity contribution in [3.8, 4) is 0 Å². The van der Waals surface area contributed by atoms with E-state index in [1.54, 1.807) is 0 Å². The van der Waals surface area contributed by atoms with Gasteiger partial charge in [0.25, 0.3) is 0 Å². The molecule has 1 aliphatic heterocycles. The maximum atomic E-state index is 11.6. The Morgan fingerprint density at radius 1 is 1.56 bits per heavy atom. The van der Waals surface area contributed by atoms with Crippen LogP contribution in [0.1, 0.15) is 26.7 Å². The topological polar surface area (TPSA) is 32.8 Å². The summed E-state index contributed by atoms with van der Waals surface area (Å²) < 4.78 is 5.06. The number of likely N-dealkylation sites (N-methyl/N-ethyl adjacent to an activating group) is 1. The Labute approximate surface area is 98.5 Å². The van der Waals surface area contributed by atoms with Gasteiger partial charge >= 0.3 is 5.97 Å². The number of nitrogens with zero attached hydrogens (tertiary/aromatic N) is 2. The van der Waals surface area contributed by atoms with E-state index in [0.29, 0.717) is 12.6 Å². The Bertz CT molecular complexity index is 231. The van der Waals surface area contributed by atoms with E-state index in [4.69, 9.17) is 4.74 Å². The number of carbonyl (C=O) groups excluding carboxylic acids is 1. The van der Waals surface area contributed by atoms with E-state index in [2.05, 4.69) is 23.9 Å². The van der Waals surface area contributed by atoms with E-state index < -0.39 is 0 Å². The van der Waals surface area contributed by atoms with Crippen LogP contribution in [0.25, 0.3) is 0 Å². The zero-order valence-corrected chi connectivity index (χ0v) is 10.9. The lowest BCUT2D eigenvalue weighted by atomic mass is 10.0. The summed E-state index contributed by atoms with van der Waals surface area (Å²) in [6.07, 6.45) is 2.38. The second kappa shape index (κ2) is 6.21. The van der Waals surface area contributed by atoms with Crippen molar-refractivity contribution in [2.24, 2.45) is 0 Å². The average molecular weight is 228 g/mol. The minimum absolute atomic E-state index is 0.0955. The lowest BCUT2D eigenvalue weighted by molar-refractivity contribution is -0.149. The van der Waals surface area contributed by atoms with Crippen molar-refractivity contribution in [2.75, 3.05) is 33.8 Å². The monoisotopic (exact) mass is 228 g/mol. The van der Waals surface area contributed by atoms with Crippen molar-refractivity contribution >= 4 is 5.97 Å². The van der Waals surface area contributed by atoms with E-state index in [1.807, 2.05) is 13.8 Å². The quantitative estimate of drug-likeness (QED) is 0.671. The standard InChI is InChI=1S/C12H24N2O2/c1-5-16-12(15)10(2)14-8-6-7-11(9-14)13(3)4/h10-11H,5-9H2,1-4H3. The number of rotatable bonds is 4. The van der Waals surface area contributed by atoms with Gasteiger partial charge in [0.05, 0.1) is 6.61 Å². The molecule has 1 fully saturated rings. The van der Waals surface area contributed by atoms with Crippen molar-refractivity contribution in [3.05, 3.63) is 0 Å². The van der Waals surface area contributed by atoms with Crippen LogP contribution in [-0.4, -0.2) is 61.6 Å². The molecule has 94 valence electrons. The summed E-state index contributed by atoms with van der Waals surface area (Å²) in [7, 11) is 4.20. The lowest BCUT2D eigenvalue weighted by Crippen LogP contribution is -2.50. The van der Waals surface area contributed by atoms with Crippen molar-refractivity contribution in [3.63, 3.8) is 0 Å². The molecule has 0 N–H and O–H groups in total. The molecule has 1 aliphatic rings. The van der Waals surface area contributed by atoms with Crippen LogP contribution in [-0.2, 0) is 9.53 Å². The highest BCUT2D eigenvalue weighted by atomic mass is 16.5. The third kappa shape index (κ3) is 3.46. The molecule has 0 aliphatic carbocycles. The summed E-state index contributed by atoms with van der Waals surface area (Å²) in [5.74, 6) is -0.0955. The van der Waals surface area contributed by atoms with Crippen molar-refractivity contribution in [2.45, 2.75) is 38.8 Å². The summed E-state index contributed by atoms with van der Waals surface area (Å²) in [5, 5.41) is 0. The first kappa shape index (κ1) is 13.5. The van der Waals surface area contributed by atoms with Crippen LogP contribution in [0.2, 0.25) is 0 Å². The highest BCUT2D eigenvalue weighted by Gasteiger charge is 2.28. The second-order valence-corrected chi connectivity index (χ2v) is 4.68. The molecule has 0 spiro atoms. The Balaban J connectivity index is 2.49. The van der Waals surface area contributed by atoms with Gasteiger partial charge in [0.1, 0.15) is 6.04 Å². The fraction of sp³-hybridized carbons (Fsp3) is 0.917. The van der Waals surface area contributed by atoms with Gasteiger partial charge in [-0.25, -0.2) is 0 Å². The molecule has 1 rings (SSSR count). The maximum Gasteiger partial charge on any atom is 0.323 e. The first-order valence-corrected chi connectivity index (χ1v) is 6.13. The first-order valence-electron chi connectivity index (χ1n) is 6.13. The Kier molecular flexibility index (Phi) is 5.22. The van der Waals surface area contributed by atoms with E-state index in [1.165, 1.54) is 6.42 Å². The lowest BCUT2D eigenvalue weighted by Gasteiger charge is -2.38. The number of ether oxygens (including phenoxy) is 1. The first-order chi connectivity index (χ1) is 7.56. The number of esters is 1. The zero-order valence-electron chi connectivity index (χ0n) is 10.9. The number of likely N-dealkylation sites (tertiary alicyclic amines) is 1. The molecule has 4 nitrogen and oxygen atoms in total. The van der Waals surface area contributed by atoms with Crippen LogP contribution in [0.3, 0.4) is 0 Å². The Morgan fingerprint density at radius 3 is 2.81 bits per heavy atom. The molecule has 0 amide bonds. The molecule has 16 heavy (non-hydrogen) atoms. The fourth-order valence-electron chi connectivity index (χ4n) is 2.17. The molecule has 0 bridgehead atoms. The number of hydrogen-bond donors (Lipinski definition) is 0. The molecule has 0 aromatic heterocycles. The smallest absolute Gasteiger partial charge is 0.323 e. The van der Waals surface area contributed by atoms with Crippen LogP contribution in [0.5, 0.6) is 0 Å². The molecule has 1 saturated heterocycles. The molecule has 0 radical (unpaired) electrons. The molecular formula is C12H24N2O2. The fourth-order valence-corrected chi connectivity index (χ4v) is 2.17. The highest BCUT2D eigenvalue weighted by molar-refractivity contribution is 5.75. The van der Waals surface area contributed by atoms with Gasteiger partial charge in [0.15, 0.2) is 0 Å². The molecule has 4 heteroatoms. The summed E-state index contributed by atoms with van der Waals surface area (Å²) in [6.45, 7) is 6.23. The van der Waals surface area contributed by atoms with Crippen LogP contribution in [0, 0.1) is 0 Å².